The summed E-state index contributed by atoms with van der Waals surface area (Å²) in [6, 6.07) is 17.1. The van der Waals surface area contributed by atoms with Crippen LogP contribution in [-0.2, 0) is 13.0 Å². The number of carbonyl (C=O) groups excluding carboxylic acids is 1. The zero-order valence-electron chi connectivity index (χ0n) is 20.6. The maximum Gasteiger partial charge on any atom is 0.289 e. The molecule has 2 aromatic carbocycles. The highest BCUT2D eigenvalue weighted by Crippen LogP contribution is 2.33. The maximum atomic E-state index is 13.2. The Morgan fingerprint density at radius 3 is 2.57 bits per heavy atom. The van der Waals surface area contributed by atoms with Crippen molar-refractivity contribution < 1.29 is 23.8 Å². The summed E-state index contributed by atoms with van der Waals surface area (Å²) in [4.78, 5) is 17.4. The summed E-state index contributed by atoms with van der Waals surface area (Å²) in [5.74, 6) is 2.10. The zero-order valence-corrected chi connectivity index (χ0v) is 20.6. The van der Waals surface area contributed by atoms with Crippen LogP contribution in [0.5, 0.6) is 17.2 Å². The van der Waals surface area contributed by atoms with Gasteiger partial charge in [0.2, 0.25) is 0 Å². The molecule has 0 radical (unpaired) electrons. The van der Waals surface area contributed by atoms with Crippen LogP contribution in [0.2, 0.25) is 0 Å². The number of piperidine rings is 1. The number of hydrogen-bond acceptors (Lipinski definition) is 6. The molecule has 0 spiro atoms. The van der Waals surface area contributed by atoms with Crippen molar-refractivity contribution in [2.75, 3.05) is 34.4 Å². The number of ether oxygens (including phenoxy) is 2. The van der Waals surface area contributed by atoms with Gasteiger partial charge in [-0.1, -0.05) is 24.3 Å². The third kappa shape index (κ3) is 5.80. The van der Waals surface area contributed by atoms with Crippen molar-refractivity contribution in [3.63, 3.8) is 0 Å². The number of likely N-dealkylation sites (tertiary alicyclic amines) is 1. The van der Waals surface area contributed by atoms with Gasteiger partial charge in [0.05, 0.1) is 20.5 Å². The molecule has 1 atom stereocenters. The van der Waals surface area contributed by atoms with E-state index in [0.29, 0.717) is 24.0 Å². The quantitative estimate of drug-likeness (QED) is 0.485. The van der Waals surface area contributed by atoms with E-state index in [0.717, 1.165) is 49.2 Å². The zero-order chi connectivity index (χ0) is 24.8. The molecule has 0 saturated carbocycles. The number of rotatable bonds is 9. The van der Waals surface area contributed by atoms with Crippen molar-refractivity contribution in [3.8, 4) is 17.2 Å². The number of likely N-dealkylation sites (N-methyl/N-ethyl adjacent to an activating group) is 1. The van der Waals surface area contributed by atoms with Gasteiger partial charge in [-0.3, -0.25) is 9.69 Å². The summed E-state index contributed by atoms with van der Waals surface area (Å²) in [6.07, 6.45) is 4.18. The number of phenols is 1. The Hall–Kier alpha value is -3.45. The van der Waals surface area contributed by atoms with Gasteiger partial charge in [0.25, 0.3) is 5.91 Å². The molecular weight excluding hydrogens is 444 g/mol. The first-order valence-electron chi connectivity index (χ1n) is 12.0. The molecule has 1 aliphatic heterocycles. The Bertz CT molecular complexity index is 1110. The van der Waals surface area contributed by atoms with Crippen molar-refractivity contribution in [2.45, 2.75) is 31.8 Å². The third-order valence-electron chi connectivity index (χ3n) is 7.00. The van der Waals surface area contributed by atoms with Gasteiger partial charge in [-0.15, -0.1) is 0 Å². The highest BCUT2D eigenvalue weighted by molar-refractivity contribution is 5.91. The predicted molar refractivity (Wildman–Crippen MR) is 134 cm³/mol. The van der Waals surface area contributed by atoms with E-state index in [1.807, 2.05) is 42.3 Å². The molecule has 2 heterocycles. The molecule has 1 N–H and O–H groups in total. The summed E-state index contributed by atoms with van der Waals surface area (Å²) in [7, 11) is 5.10. The number of furan rings is 1. The molecular formula is C28H34N2O5. The molecule has 0 unspecified atom stereocenters. The van der Waals surface area contributed by atoms with Crippen molar-refractivity contribution in [2.24, 2.45) is 5.92 Å². The van der Waals surface area contributed by atoms with Crippen LogP contribution in [0.25, 0.3) is 0 Å². The molecule has 7 heteroatoms. The van der Waals surface area contributed by atoms with E-state index >= 15 is 0 Å². The van der Waals surface area contributed by atoms with E-state index in [-0.39, 0.29) is 17.7 Å². The van der Waals surface area contributed by atoms with Gasteiger partial charge in [-0.05, 0) is 74.2 Å². The van der Waals surface area contributed by atoms with E-state index < -0.39 is 0 Å². The lowest BCUT2D eigenvalue weighted by atomic mass is 9.84. The highest BCUT2D eigenvalue weighted by Gasteiger charge is 2.33. The first kappa shape index (κ1) is 24.7. The lowest BCUT2D eigenvalue weighted by Crippen LogP contribution is -2.47. The van der Waals surface area contributed by atoms with E-state index in [1.54, 1.807) is 32.4 Å². The van der Waals surface area contributed by atoms with Crippen LogP contribution in [0.15, 0.2) is 65.3 Å². The summed E-state index contributed by atoms with van der Waals surface area (Å²) in [5, 5.41) is 10.5. The molecule has 35 heavy (non-hydrogen) atoms. The average molecular weight is 479 g/mol. The fourth-order valence-corrected chi connectivity index (χ4v) is 4.98. The Kier molecular flexibility index (Phi) is 7.98. The Morgan fingerprint density at radius 1 is 1.11 bits per heavy atom. The fourth-order valence-electron chi connectivity index (χ4n) is 4.98. The summed E-state index contributed by atoms with van der Waals surface area (Å²) in [6.45, 7) is 2.44. The minimum absolute atomic E-state index is 0.0204. The molecule has 186 valence electrons. The van der Waals surface area contributed by atoms with E-state index in [1.165, 1.54) is 6.26 Å². The van der Waals surface area contributed by atoms with Crippen LogP contribution in [0.4, 0.5) is 0 Å². The topological polar surface area (TPSA) is 75.4 Å². The second-order valence-corrected chi connectivity index (χ2v) is 9.10. The SMILES string of the molecule is COc1cccc(C[C@H](C2CCN(Cc3cccc(OC)c3O)CC2)N(C)C(=O)c2ccco2)c1. The lowest BCUT2D eigenvalue weighted by Gasteiger charge is -2.40. The molecule has 3 aromatic rings. The van der Waals surface area contributed by atoms with Crippen molar-refractivity contribution in [3.05, 3.63) is 77.7 Å². The summed E-state index contributed by atoms with van der Waals surface area (Å²) >= 11 is 0. The number of para-hydroxylation sites is 1. The van der Waals surface area contributed by atoms with Gasteiger partial charge in [-0.2, -0.15) is 0 Å². The average Bonchev–Trinajstić information content (AvgIpc) is 3.43. The second kappa shape index (κ2) is 11.3. The van der Waals surface area contributed by atoms with Crippen LogP contribution < -0.4 is 9.47 Å². The number of benzene rings is 2. The number of nitrogens with zero attached hydrogens (tertiary/aromatic N) is 2. The summed E-state index contributed by atoms with van der Waals surface area (Å²) in [5.41, 5.74) is 2.00. The molecule has 1 saturated heterocycles. The molecule has 0 aliphatic carbocycles. The van der Waals surface area contributed by atoms with Crippen LogP contribution >= 0.6 is 0 Å². The molecule has 1 fully saturated rings. The third-order valence-corrected chi connectivity index (χ3v) is 7.00. The van der Waals surface area contributed by atoms with Gasteiger partial charge in [0, 0.05) is 25.2 Å². The molecule has 1 amide bonds. The largest absolute Gasteiger partial charge is 0.504 e. The van der Waals surface area contributed by atoms with Crippen molar-refractivity contribution >= 4 is 5.91 Å². The maximum absolute atomic E-state index is 13.2. The predicted octanol–water partition coefficient (Wildman–Crippen LogP) is 4.60. The smallest absolute Gasteiger partial charge is 0.289 e. The van der Waals surface area contributed by atoms with Crippen LogP contribution in [0.1, 0.15) is 34.5 Å². The van der Waals surface area contributed by atoms with Gasteiger partial charge in [-0.25, -0.2) is 0 Å². The van der Waals surface area contributed by atoms with Gasteiger partial charge >= 0.3 is 0 Å². The molecule has 7 nitrogen and oxygen atoms in total. The monoisotopic (exact) mass is 478 g/mol. The normalized spacial score (nSPS) is 15.5. The minimum Gasteiger partial charge on any atom is -0.504 e. The van der Waals surface area contributed by atoms with Crippen molar-refractivity contribution in [1.82, 2.24) is 9.80 Å². The van der Waals surface area contributed by atoms with Crippen LogP contribution in [0, 0.1) is 5.92 Å². The fraction of sp³-hybridized carbons (Fsp3) is 0.393. The summed E-state index contributed by atoms with van der Waals surface area (Å²) < 4.78 is 16.1. The Balaban J connectivity index is 1.48. The Labute approximate surface area is 206 Å². The van der Waals surface area contributed by atoms with Gasteiger partial charge in [0.15, 0.2) is 17.3 Å². The van der Waals surface area contributed by atoms with E-state index in [2.05, 4.69) is 11.0 Å². The molecule has 0 bridgehead atoms. The number of amides is 1. The van der Waals surface area contributed by atoms with Crippen LogP contribution in [-0.4, -0.2) is 61.2 Å². The molecule has 1 aromatic heterocycles. The number of carbonyl (C=O) groups is 1. The number of methoxy groups -OCH3 is 2. The van der Waals surface area contributed by atoms with E-state index in [4.69, 9.17) is 13.9 Å². The lowest BCUT2D eigenvalue weighted by molar-refractivity contribution is 0.0555. The van der Waals surface area contributed by atoms with Crippen LogP contribution in [0.3, 0.4) is 0 Å². The number of aromatic hydroxyl groups is 1. The molecule has 4 rings (SSSR count). The standard InChI is InChI=1S/C28H34N2O5/c1-29(28(32)26-11-6-16-35-26)24(18-20-7-4-9-23(17-20)33-2)21-12-14-30(15-13-21)19-22-8-5-10-25(34-3)27(22)31/h4-11,16-17,21,24,31H,12-15,18-19H2,1-3H3/t24-/m1/s1. The van der Waals surface area contributed by atoms with Gasteiger partial charge in [0.1, 0.15) is 5.75 Å². The van der Waals surface area contributed by atoms with E-state index in [9.17, 15) is 9.90 Å². The van der Waals surface area contributed by atoms with Crippen molar-refractivity contribution in [1.29, 1.82) is 0 Å². The Morgan fingerprint density at radius 2 is 1.89 bits per heavy atom. The first-order chi connectivity index (χ1) is 17.0. The number of hydrogen-bond donors (Lipinski definition) is 1. The van der Waals surface area contributed by atoms with Gasteiger partial charge < -0.3 is 23.9 Å². The minimum atomic E-state index is -0.105. The molecule has 1 aliphatic rings. The first-order valence-corrected chi connectivity index (χ1v) is 12.0. The second-order valence-electron chi connectivity index (χ2n) is 9.10. The number of phenolic OH excluding ortho intramolecular Hbond substituents is 1. The highest BCUT2D eigenvalue weighted by atomic mass is 16.5.